The van der Waals surface area contributed by atoms with Crippen LogP contribution in [-0.4, -0.2) is 21.4 Å². The first-order valence-electron chi connectivity index (χ1n) is 5.74. The fraction of sp³-hybridized carbons (Fsp3) is 0.333. The van der Waals surface area contributed by atoms with Gasteiger partial charge in [-0.2, -0.15) is 0 Å². The molecule has 0 fully saturated rings. The molecule has 0 atom stereocenters. The van der Waals surface area contributed by atoms with Crippen LogP contribution in [0.3, 0.4) is 0 Å². The topological polar surface area (TPSA) is 31.9 Å². The predicted octanol–water partition coefficient (Wildman–Crippen LogP) is 3.52. The molecule has 0 amide bonds. The van der Waals surface area contributed by atoms with Crippen LogP contribution in [0.1, 0.15) is 16.1 Å². The number of aromatic amines is 1. The molecule has 0 bridgehead atoms. The van der Waals surface area contributed by atoms with Crippen LogP contribution in [0.15, 0.2) is 22.1 Å². The second-order valence-corrected chi connectivity index (χ2v) is 7.29. The molecule has 0 saturated carbocycles. The molecule has 0 aromatic carbocycles. The number of H-pyrrole nitrogens is 1. The van der Waals surface area contributed by atoms with Gasteiger partial charge in [0.2, 0.25) is 0 Å². The fourth-order valence-corrected chi connectivity index (χ4v) is 3.90. The molecule has 1 N–H and O–H groups in total. The Labute approximate surface area is 123 Å². The van der Waals surface area contributed by atoms with Gasteiger partial charge in [0.05, 0.1) is 3.79 Å². The van der Waals surface area contributed by atoms with Crippen molar-refractivity contribution in [3.63, 3.8) is 0 Å². The zero-order chi connectivity index (χ0) is 12.5. The van der Waals surface area contributed by atoms with Crippen LogP contribution in [0.5, 0.6) is 0 Å². The second-order valence-electron chi connectivity index (χ2n) is 4.36. The lowest BCUT2D eigenvalue weighted by Crippen LogP contribution is -2.30. The first kappa shape index (κ1) is 12.5. The Morgan fingerprint density at radius 1 is 1.50 bits per heavy atom. The lowest BCUT2D eigenvalue weighted by molar-refractivity contribution is 0.245. The van der Waals surface area contributed by atoms with Gasteiger partial charge in [-0.1, -0.05) is 0 Å². The normalized spacial score (nSPS) is 15.6. The Morgan fingerprint density at radius 3 is 3.17 bits per heavy atom. The standard InChI is InChI=1S/C12H12BrN3S2/c13-11-2-1-9(18-11)7-16-4-3-10-8(6-16)5-14-12(17)15-10/h1-2,5H,3-4,6-7H2,(H,14,15,17). The Kier molecular flexibility index (Phi) is 3.61. The Balaban J connectivity index is 1.75. The molecular weight excluding hydrogens is 330 g/mol. The summed E-state index contributed by atoms with van der Waals surface area (Å²) in [6.45, 7) is 3.02. The Hall–Kier alpha value is -0.560. The van der Waals surface area contributed by atoms with Crippen LogP contribution in [0.25, 0.3) is 0 Å². The van der Waals surface area contributed by atoms with E-state index in [0.29, 0.717) is 4.77 Å². The molecule has 3 nitrogen and oxygen atoms in total. The van der Waals surface area contributed by atoms with Gasteiger partial charge in [0.25, 0.3) is 0 Å². The average molecular weight is 342 g/mol. The number of nitrogens with one attached hydrogen (secondary N) is 1. The second kappa shape index (κ2) is 5.21. The van der Waals surface area contributed by atoms with E-state index in [4.69, 9.17) is 12.2 Å². The van der Waals surface area contributed by atoms with Crippen LogP contribution in [0, 0.1) is 4.77 Å². The zero-order valence-corrected chi connectivity index (χ0v) is 12.9. The molecule has 1 aliphatic rings. The van der Waals surface area contributed by atoms with Crippen LogP contribution in [-0.2, 0) is 19.5 Å². The first-order valence-corrected chi connectivity index (χ1v) is 7.76. The van der Waals surface area contributed by atoms with Gasteiger partial charge < -0.3 is 4.98 Å². The highest BCUT2D eigenvalue weighted by molar-refractivity contribution is 9.11. The van der Waals surface area contributed by atoms with Gasteiger partial charge in [-0.15, -0.1) is 11.3 Å². The Bertz CT molecular complexity index is 620. The van der Waals surface area contributed by atoms with Gasteiger partial charge >= 0.3 is 0 Å². The maximum Gasteiger partial charge on any atom is 0.196 e. The van der Waals surface area contributed by atoms with Gasteiger partial charge in [0.1, 0.15) is 0 Å². The van der Waals surface area contributed by atoms with E-state index < -0.39 is 0 Å². The largest absolute Gasteiger partial charge is 0.334 e. The van der Waals surface area contributed by atoms with Crippen molar-refractivity contribution in [3.05, 3.63) is 43.0 Å². The number of fused-ring (bicyclic) bond motifs is 1. The SMILES string of the molecule is S=c1ncc2c([nH]1)CCN(Cc1ccc(Br)s1)C2. The molecule has 0 unspecified atom stereocenters. The van der Waals surface area contributed by atoms with Gasteiger partial charge in [-0.3, -0.25) is 4.90 Å². The quantitative estimate of drug-likeness (QED) is 0.848. The number of hydrogen-bond donors (Lipinski definition) is 1. The summed E-state index contributed by atoms with van der Waals surface area (Å²) in [5.41, 5.74) is 2.52. The molecule has 0 aliphatic carbocycles. The minimum absolute atomic E-state index is 0.587. The van der Waals surface area contributed by atoms with Crippen molar-refractivity contribution in [1.29, 1.82) is 0 Å². The Morgan fingerprint density at radius 2 is 2.39 bits per heavy atom. The number of halogens is 1. The van der Waals surface area contributed by atoms with E-state index in [1.54, 1.807) is 11.3 Å². The number of rotatable bonds is 2. The van der Waals surface area contributed by atoms with Gasteiger partial charge in [0, 0.05) is 48.4 Å². The van der Waals surface area contributed by atoms with Gasteiger partial charge in [-0.25, -0.2) is 4.98 Å². The molecule has 0 radical (unpaired) electrons. The first-order chi connectivity index (χ1) is 8.70. The molecule has 18 heavy (non-hydrogen) atoms. The van der Waals surface area contributed by atoms with E-state index in [2.05, 4.69) is 42.9 Å². The minimum atomic E-state index is 0.587. The van der Waals surface area contributed by atoms with Crippen molar-refractivity contribution in [1.82, 2.24) is 14.9 Å². The molecular formula is C12H12BrN3S2. The maximum absolute atomic E-state index is 5.05. The predicted molar refractivity (Wildman–Crippen MR) is 79.3 cm³/mol. The third kappa shape index (κ3) is 2.71. The van der Waals surface area contributed by atoms with E-state index in [9.17, 15) is 0 Å². The van der Waals surface area contributed by atoms with E-state index in [-0.39, 0.29) is 0 Å². The molecule has 1 aliphatic heterocycles. The monoisotopic (exact) mass is 341 g/mol. The molecule has 2 aromatic rings. The molecule has 3 heterocycles. The van der Waals surface area contributed by atoms with E-state index in [0.717, 1.165) is 26.1 Å². The van der Waals surface area contributed by atoms with Crippen molar-refractivity contribution in [2.24, 2.45) is 0 Å². The molecule has 0 spiro atoms. The summed E-state index contributed by atoms with van der Waals surface area (Å²) in [5, 5.41) is 0. The van der Waals surface area contributed by atoms with Gasteiger partial charge in [0.15, 0.2) is 4.77 Å². The van der Waals surface area contributed by atoms with E-state index in [1.165, 1.54) is 19.9 Å². The smallest absolute Gasteiger partial charge is 0.196 e. The fourth-order valence-electron chi connectivity index (χ4n) is 2.20. The molecule has 3 rings (SSSR count). The lowest BCUT2D eigenvalue weighted by atomic mass is 10.1. The third-order valence-electron chi connectivity index (χ3n) is 3.06. The van der Waals surface area contributed by atoms with Crippen molar-refractivity contribution >= 4 is 39.5 Å². The van der Waals surface area contributed by atoms with Crippen molar-refractivity contribution in [2.75, 3.05) is 6.54 Å². The highest BCUT2D eigenvalue weighted by Crippen LogP contribution is 2.25. The molecule has 6 heteroatoms. The minimum Gasteiger partial charge on any atom is -0.334 e. The van der Waals surface area contributed by atoms with Crippen LogP contribution < -0.4 is 0 Å². The zero-order valence-electron chi connectivity index (χ0n) is 9.65. The average Bonchev–Trinajstić information content (AvgIpc) is 2.75. The maximum atomic E-state index is 5.05. The van der Waals surface area contributed by atoms with Crippen molar-refractivity contribution in [2.45, 2.75) is 19.5 Å². The summed E-state index contributed by atoms with van der Waals surface area (Å²) >= 11 is 10.4. The summed E-state index contributed by atoms with van der Waals surface area (Å²) in [4.78, 5) is 11.2. The third-order valence-corrected chi connectivity index (χ3v) is 4.88. The lowest BCUT2D eigenvalue weighted by Gasteiger charge is -2.27. The summed E-state index contributed by atoms with van der Waals surface area (Å²) in [7, 11) is 0. The number of thiophene rings is 1. The number of aromatic nitrogens is 2. The summed E-state index contributed by atoms with van der Waals surface area (Å²) in [5.74, 6) is 0. The highest BCUT2D eigenvalue weighted by atomic mass is 79.9. The van der Waals surface area contributed by atoms with Crippen LogP contribution >= 0.6 is 39.5 Å². The number of nitrogens with zero attached hydrogens (tertiary/aromatic N) is 2. The summed E-state index contributed by atoms with van der Waals surface area (Å²) in [6, 6.07) is 4.29. The van der Waals surface area contributed by atoms with Gasteiger partial charge in [-0.05, 0) is 40.3 Å². The van der Waals surface area contributed by atoms with Crippen molar-refractivity contribution in [3.8, 4) is 0 Å². The van der Waals surface area contributed by atoms with E-state index in [1.807, 2.05) is 6.20 Å². The van der Waals surface area contributed by atoms with Crippen LogP contribution in [0.2, 0.25) is 0 Å². The molecule has 0 saturated heterocycles. The molecule has 2 aromatic heterocycles. The summed E-state index contributed by atoms with van der Waals surface area (Å²) in [6.07, 6.45) is 2.93. The van der Waals surface area contributed by atoms with E-state index >= 15 is 0 Å². The number of hydrogen-bond acceptors (Lipinski definition) is 4. The van der Waals surface area contributed by atoms with Crippen molar-refractivity contribution < 1.29 is 0 Å². The van der Waals surface area contributed by atoms with Crippen LogP contribution in [0.4, 0.5) is 0 Å². The molecule has 94 valence electrons. The highest BCUT2D eigenvalue weighted by Gasteiger charge is 2.17. The summed E-state index contributed by atoms with van der Waals surface area (Å²) < 4.78 is 1.78.